The van der Waals surface area contributed by atoms with E-state index >= 15 is 0 Å². The molecule has 0 atom stereocenters. The smallest absolute Gasteiger partial charge is 0.408 e. The first kappa shape index (κ1) is 8.26. The molecule has 1 aromatic heterocycles. The number of amides is 1. The van der Waals surface area contributed by atoms with Crippen LogP contribution in [0.3, 0.4) is 0 Å². The Hall–Kier alpha value is -1.84. The SMILES string of the molecule is O=C(O)N/C=C/c1cccnc1. The molecule has 0 bridgehead atoms. The van der Waals surface area contributed by atoms with Crippen LogP contribution in [0.4, 0.5) is 4.79 Å². The molecule has 0 aliphatic carbocycles. The van der Waals surface area contributed by atoms with Crippen molar-refractivity contribution in [2.24, 2.45) is 0 Å². The fraction of sp³-hybridized carbons (Fsp3) is 0. The quantitative estimate of drug-likeness (QED) is 0.692. The molecule has 0 fully saturated rings. The standard InChI is InChI=1S/C8H8N2O2/c11-8(12)10-5-3-7-2-1-4-9-6-7/h1-6,10H,(H,11,12)/b5-3+. The number of aromatic nitrogens is 1. The van der Waals surface area contributed by atoms with Gasteiger partial charge in [-0.3, -0.25) is 10.3 Å². The van der Waals surface area contributed by atoms with E-state index in [1.54, 1.807) is 24.5 Å². The minimum atomic E-state index is -1.07. The Morgan fingerprint density at radius 3 is 3.08 bits per heavy atom. The Morgan fingerprint density at radius 1 is 1.67 bits per heavy atom. The molecule has 0 aliphatic rings. The summed E-state index contributed by atoms with van der Waals surface area (Å²) in [6.07, 6.45) is 5.19. The van der Waals surface area contributed by atoms with Crippen molar-refractivity contribution >= 4 is 12.2 Å². The van der Waals surface area contributed by atoms with Crippen molar-refractivity contribution in [3.05, 3.63) is 36.3 Å². The molecule has 0 aliphatic heterocycles. The summed E-state index contributed by atoms with van der Waals surface area (Å²) in [5, 5.41) is 10.3. The van der Waals surface area contributed by atoms with Crippen molar-refractivity contribution in [1.82, 2.24) is 10.3 Å². The second-order valence-corrected chi connectivity index (χ2v) is 2.07. The molecule has 62 valence electrons. The van der Waals surface area contributed by atoms with E-state index in [4.69, 9.17) is 5.11 Å². The van der Waals surface area contributed by atoms with E-state index in [0.717, 1.165) is 5.56 Å². The van der Waals surface area contributed by atoms with Crippen molar-refractivity contribution in [1.29, 1.82) is 0 Å². The van der Waals surface area contributed by atoms with Gasteiger partial charge in [-0.2, -0.15) is 0 Å². The second-order valence-electron chi connectivity index (χ2n) is 2.07. The lowest BCUT2D eigenvalue weighted by Crippen LogP contribution is -2.12. The average molecular weight is 164 g/mol. The van der Waals surface area contributed by atoms with E-state index in [9.17, 15) is 4.79 Å². The molecule has 0 aromatic carbocycles. The molecular formula is C8H8N2O2. The van der Waals surface area contributed by atoms with Crippen LogP contribution in [0.1, 0.15) is 5.56 Å². The second kappa shape index (κ2) is 4.12. The number of hydrogen-bond acceptors (Lipinski definition) is 2. The first-order valence-electron chi connectivity index (χ1n) is 3.35. The zero-order chi connectivity index (χ0) is 8.81. The lowest BCUT2D eigenvalue weighted by molar-refractivity contribution is 0.198. The summed E-state index contributed by atoms with van der Waals surface area (Å²) in [6.45, 7) is 0. The molecule has 4 nitrogen and oxygen atoms in total. The zero-order valence-corrected chi connectivity index (χ0v) is 6.27. The molecule has 0 saturated carbocycles. The van der Waals surface area contributed by atoms with E-state index in [2.05, 4.69) is 10.3 Å². The fourth-order valence-corrected chi connectivity index (χ4v) is 0.684. The average Bonchev–Trinajstić information content (AvgIpc) is 2.05. The maximum absolute atomic E-state index is 10.0. The van der Waals surface area contributed by atoms with Gasteiger partial charge in [-0.15, -0.1) is 0 Å². The summed E-state index contributed by atoms with van der Waals surface area (Å²) in [7, 11) is 0. The molecule has 1 rings (SSSR count). The van der Waals surface area contributed by atoms with Crippen molar-refractivity contribution in [3.63, 3.8) is 0 Å². The van der Waals surface area contributed by atoms with Crippen LogP contribution in [-0.2, 0) is 0 Å². The van der Waals surface area contributed by atoms with Gasteiger partial charge in [-0.25, -0.2) is 4.79 Å². The van der Waals surface area contributed by atoms with Gasteiger partial charge in [0.1, 0.15) is 0 Å². The summed E-state index contributed by atoms with van der Waals surface area (Å²) in [6, 6.07) is 3.60. The molecular weight excluding hydrogens is 156 g/mol. The van der Waals surface area contributed by atoms with E-state index in [1.165, 1.54) is 6.20 Å². The van der Waals surface area contributed by atoms with E-state index in [0.29, 0.717) is 0 Å². The number of pyridine rings is 1. The highest BCUT2D eigenvalue weighted by molar-refractivity contribution is 5.67. The van der Waals surface area contributed by atoms with Gasteiger partial charge in [-0.1, -0.05) is 6.07 Å². The summed E-state index contributed by atoms with van der Waals surface area (Å²) in [5.41, 5.74) is 0.853. The van der Waals surface area contributed by atoms with Gasteiger partial charge >= 0.3 is 6.09 Å². The molecule has 0 saturated heterocycles. The lowest BCUT2D eigenvalue weighted by atomic mass is 10.3. The highest BCUT2D eigenvalue weighted by atomic mass is 16.4. The number of carbonyl (C=O) groups is 1. The van der Waals surface area contributed by atoms with Crippen molar-refractivity contribution < 1.29 is 9.90 Å². The number of rotatable bonds is 2. The van der Waals surface area contributed by atoms with Crippen molar-refractivity contribution in [2.75, 3.05) is 0 Å². The van der Waals surface area contributed by atoms with Crippen molar-refractivity contribution in [2.45, 2.75) is 0 Å². The third-order valence-corrected chi connectivity index (χ3v) is 1.17. The molecule has 4 heteroatoms. The Kier molecular flexibility index (Phi) is 2.84. The van der Waals surface area contributed by atoms with E-state index in [1.807, 2.05) is 6.07 Å². The molecule has 1 amide bonds. The Labute approximate surface area is 69.6 Å². The minimum Gasteiger partial charge on any atom is -0.465 e. The number of hydrogen-bond donors (Lipinski definition) is 2. The van der Waals surface area contributed by atoms with Crippen LogP contribution in [0.5, 0.6) is 0 Å². The van der Waals surface area contributed by atoms with Gasteiger partial charge in [0.05, 0.1) is 0 Å². The summed E-state index contributed by atoms with van der Waals surface area (Å²) < 4.78 is 0. The third-order valence-electron chi connectivity index (χ3n) is 1.17. The van der Waals surface area contributed by atoms with Crippen LogP contribution < -0.4 is 5.32 Å². The highest BCUT2D eigenvalue weighted by Gasteiger charge is 1.86. The number of carboxylic acid groups (broad SMARTS) is 1. The topological polar surface area (TPSA) is 62.2 Å². The largest absolute Gasteiger partial charge is 0.465 e. The van der Waals surface area contributed by atoms with Crippen LogP contribution in [0.15, 0.2) is 30.7 Å². The van der Waals surface area contributed by atoms with Crippen LogP contribution in [0, 0.1) is 0 Å². The molecule has 0 unspecified atom stereocenters. The summed E-state index contributed by atoms with van der Waals surface area (Å²) in [4.78, 5) is 13.9. The minimum absolute atomic E-state index is 0.853. The highest BCUT2D eigenvalue weighted by Crippen LogP contribution is 1.96. The first-order valence-corrected chi connectivity index (χ1v) is 3.35. The van der Waals surface area contributed by atoms with Gasteiger partial charge in [0, 0.05) is 18.6 Å². The van der Waals surface area contributed by atoms with Crippen LogP contribution >= 0.6 is 0 Å². The van der Waals surface area contributed by atoms with Gasteiger partial charge in [-0.05, 0) is 17.7 Å². The van der Waals surface area contributed by atoms with Gasteiger partial charge in [0.15, 0.2) is 0 Å². The number of nitrogens with one attached hydrogen (secondary N) is 1. The maximum atomic E-state index is 10.0. The predicted molar refractivity (Wildman–Crippen MR) is 44.4 cm³/mol. The van der Waals surface area contributed by atoms with Crippen LogP contribution in [0.2, 0.25) is 0 Å². The molecule has 0 spiro atoms. The maximum Gasteiger partial charge on any atom is 0.408 e. The third kappa shape index (κ3) is 2.83. The molecule has 12 heavy (non-hydrogen) atoms. The first-order chi connectivity index (χ1) is 5.79. The van der Waals surface area contributed by atoms with Crippen LogP contribution in [-0.4, -0.2) is 16.2 Å². The Balaban J connectivity index is 2.52. The monoisotopic (exact) mass is 164 g/mol. The fourth-order valence-electron chi connectivity index (χ4n) is 0.684. The van der Waals surface area contributed by atoms with E-state index < -0.39 is 6.09 Å². The zero-order valence-electron chi connectivity index (χ0n) is 6.27. The van der Waals surface area contributed by atoms with Gasteiger partial charge < -0.3 is 5.11 Å². The van der Waals surface area contributed by atoms with E-state index in [-0.39, 0.29) is 0 Å². The molecule has 1 heterocycles. The Bertz CT molecular complexity index is 282. The molecule has 0 radical (unpaired) electrons. The van der Waals surface area contributed by atoms with Crippen molar-refractivity contribution in [3.8, 4) is 0 Å². The number of nitrogens with zero attached hydrogens (tertiary/aromatic N) is 1. The summed E-state index contributed by atoms with van der Waals surface area (Å²) >= 11 is 0. The predicted octanol–water partition coefficient (Wildman–Crippen LogP) is 1.32. The normalized spacial score (nSPS) is 10.0. The summed E-state index contributed by atoms with van der Waals surface area (Å²) in [5.74, 6) is 0. The molecule has 1 aromatic rings. The Morgan fingerprint density at radius 2 is 2.50 bits per heavy atom. The lowest BCUT2D eigenvalue weighted by Gasteiger charge is -1.90. The molecule has 2 N–H and O–H groups in total. The van der Waals surface area contributed by atoms with Crippen LogP contribution in [0.25, 0.3) is 6.08 Å². The van der Waals surface area contributed by atoms with Gasteiger partial charge in [0.2, 0.25) is 0 Å². The van der Waals surface area contributed by atoms with Gasteiger partial charge in [0.25, 0.3) is 0 Å².